The molecule has 0 aliphatic carbocycles. The van der Waals surface area contributed by atoms with Crippen LogP contribution in [0.2, 0.25) is 10.0 Å². The lowest BCUT2D eigenvalue weighted by Crippen LogP contribution is -2.24. The first-order valence-corrected chi connectivity index (χ1v) is 9.95. The monoisotopic (exact) mass is 428 g/mol. The average molecular weight is 429 g/mol. The van der Waals surface area contributed by atoms with E-state index < -0.39 is 0 Å². The zero-order valence-electron chi connectivity index (χ0n) is 16.5. The van der Waals surface area contributed by atoms with Gasteiger partial charge in [-0.3, -0.25) is 9.59 Å². The quantitative estimate of drug-likeness (QED) is 0.574. The third-order valence-electron chi connectivity index (χ3n) is 4.56. The van der Waals surface area contributed by atoms with Gasteiger partial charge in [0.1, 0.15) is 5.02 Å². The molecule has 0 radical (unpaired) electrons. The molecule has 6 heteroatoms. The van der Waals surface area contributed by atoms with Gasteiger partial charge < -0.3 is 9.88 Å². The number of amides is 1. The van der Waals surface area contributed by atoms with Crippen molar-refractivity contribution in [2.24, 2.45) is 0 Å². The zero-order valence-corrected chi connectivity index (χ0v) is 18.0. The van der Waals surface area contributed by atoms with Gasteiger partial charge in [0.2, 0.25) is 0 Å². The molecule has 1 N–H and O–H groups in total. The average Bonchev–Trinajstić information content (AvgIpc) is 2.65. The third-order valence-corrected chi connectivity index (χ3v) is 5.06. The summed E-state index contributed by atoms with van der Waals surface area (Å²) in [4.78, 5) is 25.1. The Morgan fingerprint density at radius 1 is 1.03 bits per heavy atom. The van der Waals surface area contributed by atoms with Gasteiger partial charge in [0.25, 0.3) is 11.5 Å². The van der Waals surface area contributed by atoms with Crippen molar-refractivity contribution >= 4 is 34.8 Å². The second-order valence-corrected chi connectivity index (χ2v) is 8.76. The maximum atomic E-state index is 12.7. The maximum absolute atomic E-state index is 12.7. The van der Waals surface area contributed by atoms with E-state index in [1.165, 1.54) is 22.4 Å². The first-order chi connectivity index (χ1) is 13.6. The first kappa shape index (κ1) is 21.2. The van der Waals surface area contributed by atoms with Crippen molar-refractivity contribution in [2.75, 3.05) is 5.32 Å². The van der Waals surface area contributed by atoms with Crippen LogP contribution >= 0.6 is 23.2 Å². The molecule has 2 aromatic carbocycles. The summed E-state index contributed by atoms with van der Waals surface area (Å²) in [5.41, 5.74) is 2.66. The van der Waals surface area contributed by atoms with E-state index in [4.69, 9.17) is 23.2 Å². The summed E-state index contributed by atoms with van der Waals surface area (Å²) in [5, 5.41) is 3.42. The van der Waals surface area contributed by atoms with E-state index in [-0.39, 0.29) is 28.4 Å². The molecule has 0 aliphatic heterocycles. The van der Waals surface area contributed by atoms with Gasteiger partial charge in [-0.05, 0) is 46.9 Å². The Morgan fingerprint density at radius 2 is 1.72 bits per heavy atom. The summed E-state index contributed by atoms with van der Waals surface area (Å²) >= 11 is 12.1. The molecule has 0 saturated heterocycles. The summed E-state index contributed by atoms with van der Waals surface area (Å²) in [6.07, 6.45) is 1.51. The van der Waals surface area contributed by atoms with Crippen LogP contribution in [-0.2, 0) is 12.0 Å². The summed E-state index contributed by atoms with van der Waals surface area (Å²) in [5.74, 6) is -0.338. The van der Waals surface area contributed by atoms with Crippen molar-refractivity contribution in [3.63, 3.8) is 0 Å². The lowest BCUT2D eigenvalue weighted by Gasteiger charge is -2.19. The molecule has 0 atom stereocenters. The number of carbonyl (C=O) groups excluding carboxylic acids is 1. The largest absolute Gasteiger partial charge is 0.322 e. The lowest BCUT2D eigenvalue weighted by molar-refractivity contribution is 0.102. The van der Waals surface area contributed by atoms with E-state index in [2.05, 4.69) is 26.1 Å². The molecule has 0 spiro atoms. The number of nitrogens with zero attached hydrogens (tertiary/aromatic N) is 1. The van der Waals surface area contributed by atoms with Crippen molar-refractivity contribution in [3.8, 4) is 0 Å². The lowest BCUT2D eigenvalue weighted by atomic mass is 9.87. The number of rotatable bonds is 4. The Morgan fingerprint density at radius 3 is 2.34 bits per heavy atom. The molecule has 4 nitrogen and oxygen atoms in total. The second-order valence-electron chi connectivity index (χ2n) is 7.92. The minimum absolute atomic E-state index is 0.0113. The number of benzene rings is 2. The number of hydrogen-bond acceptors (Lipinski definition) is 2. The highest BCUT2D eigenvalue weighted by atomic mass is 35.5. The number of carbonyl (C=O) groups is 1. The highest BCUT2D eigenvalue weighted by Crippen LogP contribution is 2.23. The fourth-order valence-corrected chi connectivity index (χ4v) is 3.37. The van der Waals surface area contributed by atoms with Crippen LogP contribution in [0, 0.1) is 0 Å². The van der Waals surface area contributed by atoms with Gasteiger partial charge in [-0.15, -0.1) is 0 Å². The SMILES string of the molecule is CC(C)(C)c1ccc(NC(=O)c2cc(Cl)c(=O)n(Cc3cccc(Cl)c3)c2)cc1. The first-order valence-electron chi connectivity index (χ1n) is 9.20. The molecular weight excluding hydrogens is 407 g/mol. The molecule has 1 aromatic heterocycles. The Labute approximate surface area is 180 Å². The molecule has 29 heavy (non-hydrogen) atoms. The number of nitrogens with one attached hydrogen (secondary N) is 1. The molecular formula is C23H22Cl2N2O2. The van der Waals surface area contributed by atoms with Crippen LogP contribution in [0.1, 0.15) is 42.3 Å². The predicted molar refractivity (Wildman–Crippen MR) is 119 cm³/mol. The van der Waals surface area contributed by atoms with Crippen LogP contribution in [0.3, 0.4) is 0 Å². The van der Waals surface area contributed by atoms with Crippen LogP contribution < -0.4 is 10.9 Å². The van der Waals surface area contributed by atoms with Crippen molar-refractivity contribution in [2.45, 2.75) is 32.7 Å². The number of hydrogen-bond donors (Lipinski definition) is 1. The zero-order chi connectivity index (χ0) is 21.2. The smallest absolute Gasteiger partial charge is 0.269 e. The normalized spacial score (nSPS) is 11.3. The highest BCUT2D eigenvalue weighted by Gasteiger charge is 2.15. The number of pyridine rings is 1. The van der Waals surface area contributed by atoms with E-state index in [9.17, 15) is 9.59 Å². The fraction of sp³-hybridized carbons (Fsp3) is 0.217. The Balaban J connectivity index is 1.84. The number of anilines is 1. The van der Waals surface area contributed by atoms with Crippen molar-refractivity contribution in [1.82, 2.24) is 4.57 Å². The van der Waals surface area contributed by atoms with Gasteiger partial charge in [-0.25, -0.2) is 0 Å². The number of halogens is 2. The molecule has 1 heterocycles. The molecule has 150 valence electrons. The standard InChI is InChI=1S/C23H22Cl2N2O2/c1-23(2,3)17-7-9-19(10-8-17)26-21(28)16-12-20(25)22(29)27(14-16)13-15-5-4-6-18(24)11-15/h4-12,14H,13H2,1-3H3,(H,26,28). The van der Waals surface area contributed by atoms with Crippen LogP contribution in [0.5, 0.6) is 0 Å². The molecule has 0 bridgehead atoms. The van der Waals surface area contributed by atoms with Gasteiger partial charge in [0, 0.05) is 16.9 Å². The van der Waals surface area contributed by atoms with Gasteiger partial charge in [-0.2, -0.15) is 0 Å². The molecule has 3 rings (SSSR count). The molecule has 1 amide bonds. The fourth-order valence-electron chi connectivity index (χ4n) is 2.93. The Hall–Kier alpha value is -2.56. The van der Waals surface area contributed by atoms with Crippen molar-refractivity contribution in [3.05, 3.63) is 97.9 Å². The topological polar surface area (TPSA) is 51.1 Å². The predicted octanol–water partition coefficient (Wildman–Crippen LogP) is 5.75. The van der Waals surface area contributed by atoms with Crippen LogP contribution in [0.15, 0.2) is 65.6 Å². The van der Waals surface area contributed by atoms with Crippen molar-refractivity contribution in [1.29, 1.82) is 0 Å². The summed E-state index contributed by atoms with van der Waals surface area (Å²) in [6, 6.07) is 16.3. The van der Waals surface area contributed by atoms with E-state index in [0.29, 0.717) is 16.3 Å². The van der Waals surface area contributed by atoms with E-state index in [1.807, 2.05) is 36.4 Å². The van der Waals surface area contributed by atoms with Gasteiger partial charge >= 0.3 is 0 Å². The number of aromatic nitrogens is 1. The molecule has 0 fully saturated rings. The molecule has 0 saturated carbocycles. The minimum Gasteiger partial charge on any atom is -0.322 e. The molecule has 0 aliphatic rings. The van der Waals surface area contributed by atoms with Gasteiger partial charge in [0.05, 0.1) is 12.1 Å². The Kier molecular flexibility index (Phi) is 6.15. The third kappa shape index (κ3) is 5.28. The Bertz CT molecular complexity index is 1100. The molecule has 3 aromatic rings. The highest BCUT2D eigenvalue weighted by molar-refractivity contribution is 6.31. The second kappa shape index (κ2) is 8.44. The van der Waals surface area contributed by atoms with Crippen LogP contribution in [0.25, 0.3) is 0 Å². The summed E-state index contributed by atoms with van der Waals surface area (Å²) in [7, 11) is 0. The maximum Gasteiger partial charge on any atom is 0.269 e. The van der Waals surface area contributed by atoms with Gasteiger partial charge in [-0.1, -0.05) is 68.2 Å². The van der Waals surface area contributed by atoms with Crippen LogP contribution in [-0.4, -0.2) is 10.5 Å². The summed E-state index contributed by atoms with van der Waals surface area (Å²) in [6.45, 7) is 6.66. The van der Waals surface area contributed by atoms with Crippen molar-refractivity contribution < 1.29 is 4.79 Å². The van der Waals surface area contributed by atoms with Gasteiger partial charge in [0.15, 0.2) is 0 Å². The van der Waals surface area contributed by atoms with E-state index in [1.54, 1.807) is 12.1 Å². The van der Waals surface area contributed by atoms with E-state index in [0.717, 1.165) is 5.56 Å². The minimum atomic E-state index is -0.363. The molecule has 0 unspecified atom stereocenters. The van der Waals surface area contributed by atoms with Crippen LogP contribution in [0.4, 0.5) is 5.69 Å². The summed E-state index contributed by atoms with van der Waals surface area (Å²) < 4.78 is 1.41. The van der Waals surface area contributed by atoms with E-state index >= 15 is 0 Å².